The molecule has 0 unspecified atom stereocenters. The fourth-order valence-electron chi connectivity index (χ4n) is 4.24. The summed E-state index contributed by atoms with van der Waals surface area (Å²) >= 11 is 0. The van der Waals surface area contributed by atoms with Crippen molar-refractivity contribution in [3.63, 3.8) is 0 Å². The first kappa shape index (κ1) is 31.7. The summed E-state index contributed by atoms with van der Waals surface area (Å²) < 4.78 is 27.1. The number of nitro groups is 1. The van der Waals surface area contributed by atoms with Crippen molar-refractivity contribution in [1.82, 2.24) is 10.4 Å². The van der Waals surface area contributed by atoms with Gasteiger partial charge in [0.2, 0.25) is 12.2 Å². The molecule has 228 valence electrons. The number of amides is 3. The Morgan fingerprint density at radius 3 is 2.31 bits per heavy atom. The molecule has 17 heteroatoms. The van der Waals surface area contributed by atoms with E-state index < -0.39 is 83.5 Å². The predicted octanol–water partition coefficient (Wildman–Crippen LogP) is 1.05. The zero-order valence-electron chi connectivity index (χ0n) is 23.1. The number of nitro benzene ring substituents is 1. The molecule has 3 rings (SSSR count). The van der Waals surface area contributed by atoms with Gasteiger partial charge in [0.1, 0.15) is 31.5 Å². The van der Waals surface area contributed by atoms with Gasteiger partial charge in [0.15, 0.2) is 5.75 Å². The number of imide groups is 1. The maximum atomic E-state index is 12.0. The van der Waals surface area contributed by atoms with E-state index in [1.165, 1.54) is 26.0 Å². The Labute approximate surface area is 238 Å². The van der Waals surface area contributed by atoms with E-state index in [0.29, 0.717) is 0 Å². The molecule has 2 fully saturated rings. The van der Waals surface area contributed by atoms with Crippen LogP contribution in [0.4, 0.5) is 10.5 Å². The average Bonchev–Trinajstić information content (AvgIpc) is 3.22. The maximum absolute atomic E-state index is 12.0. The largest absolute Gasteiger partial charge is 0.534 e. The van der Waals surface area contributed by atoms with Crippen LogP contribution in [-0.4, -0.2) is 76.9 Å². The van der Waals surface area contributed by atoms with Crippen LogP contribution >= 0.6 is 0 Å². The number of hydrogen-bond donors (Lipinski definition) is 1. The number of carbonyl (C=O) groups is 6. The van der Waals surface area contributed by atoms with Gasteiger partial charge in [-0.2, -0.15) is 0 Å². The summed E-state index contributed by atoms with van der Waals surface area (Å²) in [6.07, 6.45) is -4.96. The van der Waals surface area contributed by atoms with Crippen molar-refractivity contribution < 1.29 is 62.2 Å². The summed E-state index contributed by atoms with van der Waals surface area (Å²) in [4.78, 5) is 86.1. The molecule has 42 heavy (non-hydrogen) atoms. The second kappa shape index (κ2) is 13.7. The SMILES string of the molecule is CC(=O)N[C@H]1[C@H](Oc2ccc(COC(=O)ON3C(=O)CCC3=O)cc2[N+](=O)[O-])O[C@H](COC(C)=O)[C@@H](C)[C@@H]1OC(C)=O. The lowest BCUT2D eigenvalue weighted by Crippen LogP contribution is -2.63. The van der Waals surface area contributed by atoms with Crippen LogP contribution in [0.2, 0.25) is 0 Å². The molecule has 2 heterocycles. The van der Waals surface area contributed by atoms with Gasteiger partial charge in [0.25, 0.3) is 11.8 Å². The molecular weight excluding hydrogens is 566 g/mol. The molecule has 1 aromatic carbocycles. The van der Waals surface area contributed by atoms with Gasteiger partial charge in [-0.3, -0.25) is 38.9 Å². The van der Waals surface area contributed by atoms with Gasteiger partial charge in [-0.05, 0) is 11.6 Å². The molecule has 2 saturated heterocycles. The smallest absolute Gasteiger partial charge is 0.463 e. The number of carbonyl (C=O) groups excluding carboxylic acids is 6. The lowest BCUT2D eigenvalue weighted by molar-refractivity contribution is -0.386. The van der Waals surface area contributed by atoms with Crippen molar-refractivity contribution in [1.29, 1.82) is 0 Å². The van der Waals surface area contributed by atoms with Crippen LogP contribution in [0.25, 0.3) is 0 Å². The van der Waals surface area contributed by atoms with Gasteiger partial charge < -0.3 is 29.0 Å². The third-order valence-corrected chi connectivity index (χ3v) is 6.18. The molecule has 0 aromatic heterocycles. The molecule has 0 aliphatic carbocycles. The topological polar surface area (TPSA) is 216 Å². The molecule has 3 amide bonds. The highest BCUT2D eigenvalue weighted by molar-refractivity contribution is 6.01. The van der Waals surface area contributed by atoms with Gasteiger partial charge in [0.05, 0.1) is 4.92 Å². The van der Waals surface area contributed by atoms with Crippen molar-refractivity contribution in [2.75, 3.05) is 6.61 Å². The van der Waals surface area contributed by atoms with Crippen molar-refractivity contribution in [2.24, 2.45) is 5.92 Å². The summed E-state index contributed by atoms with van der Waals surface area (Å²) in [6, 6.07) is 2.42. The van der Waals surface area contributed by atoms with E-state index in [-0.39, 0.29) is 35.8 Å². The maximum Gasteiger partial charge on any atom is 0.534 e. The molecule has 0 saturated carbocycles. The van der Waals surface area contributed by atoms with E-state index in [2.05, 4.69) is 10.2 Å². The molecule has 1 aromatic rings. The summed E-state index contributed by atoms with van der Waals surface area (Å²) in [6.45, 7) is 4.40. The predicted molar refractivity (Wildman–Crippen MR) is 134 cm³/mol. The fraction of sp³-hybridized carbons (Fsp3) is 0.520. The van der Waals surface area contributed by atoms with Gasteiger partial charge >= 0.3 is 23.8 Å². The molecule has 0 bridgehead atoms. The van der Waals surface area contributed by atoms with Crippen LogP contribution in [0.1, 0.15) is 46.1 Å². The van der Waals surface area contributed by atoms with Gasteiger partial charge in [-0.15, -0.1) is 0 Å². The Bertz CT molecular complexity index is 1250. The van der Waals surface area contributed by atoms with Gasteiger partial charge in [0, 0.05) is 45.6 Å². The van der Waals surface area contributed by atoms with Gasteiger partial charge in [-0.25, -0.2) is 4.79 Å². The van der Waals surface area contributed by atoms with E-state index in [0.717, 1.165) is 13.0 Å². The Balaban J connectivity index is 1.82. The first-order valence-corrected chi connectivity index (χ1v) is 12.6. The third-order valence-electron chi connectivity index (χ3n) is 6.18. The van der Waals surface area contributed by atoms with Crippen LogP contribution in [0, 0.1) is 16.0 Å². The van der Waals surface area contributed by atoms with E-state index in [1.54, 1.807) is 6.92 Å². The summed E-state index contributed by atoms with van der Waals surface area (Å²) in [5.74, 6) is -4.17. The number of hydroxylamine groups is 2. The lowest BCUT2D eigenvalue weighted by atomic mass is 9.89. The Morgan fingerprint density at radius 1 is 1.07 bits per heavy atom. The number of nitrogens with one attached hydrogen (secondary N) is 1. The van der Waals surface area contributed by atoms with E-state index in [4.69, 9.17) is 23.7 Å². The number of rotatable bonds is 10. The third kappa shape index (κ3) is 8.12. The highest BCUT2D eigenvalue weighted by Gasteiger charge is 2.48. The molecule has 0 spiro atoms. The molecule has 0 radical (unpaired) electrons. The minimum Gasteiger partial charge on any atom is -0.463 e. The summed E-state index contributed by atoms with van der Waals surface area (Å²) in [7, 11) is 0. The second-order valence-corrected chi connectivity index (χ2v) is 9.39. The van der Waals surface area contributed by atoms with Crippen molar-refractivity contribution in [3.8, 4) is 5.75 Å². The lowest BCUT2D eigenvalue weighted by Gasteiger charge is -2.44. The van der Waals surface area contributed by atoms with Crippen LogP contribution in [0.15, 0.2) is 18.2 Å². The van der Waals surface area contributed by atoms with Crippen molar-refractivity contribution >= 4 is 41.5 Å². The molecule has 2 aliphatic heterocycles. The van der Waals surface area contributed by atoms with Crippen LogP contribution in [0.5, 0.6) is 5.75 Å². The van der Waals surface area contributed by atoms with Crippen LogP contribution in [-0.2, 0) is 54.4 Å². The Kier molecular flexibility index (Phi) is 10.4. The highest BCUT2D eigenvalue weighted by atomic mass is 16.8. The zero-order valence-corrected chi connectivity index (χ0v) is 23.1. The van der Waals surface area contributed by atoms with Crippen LogP contribution < -0.4 is 10.1 Å². The quantitative estimate of drug-likeness (QED) is 0.132. The molecule has 2 aliphatic rings. The minimum absolute atomic E-state index is 0.113. The molecule has 5 atom stereocenters. The fourth-order valence-corrected chi connectivity index (χ4v) is 4.24. The minimum atomic E-state index is -1.44. The monoisotopic (exact) mass is 595 g/mol. The van der Waals surface area contributed by atoms with E-state index in [1.807, 2.05) is 0 Å². The highest BCUT2D eigenvalue weighted by Crippen LogP contribution is 2.34. The standard InChI is InChI=1S/C25H29N3O14/c1-12-19(11-37-14(3)30)41-24(22(26-13(2)29)23(12)39-15(4)31)40-18-6-5-16(9-17(18)28(35)36)10-38-25(34)42-27-20(32)7-8-21(27)33/h5-6,9,12,19,22-24H,7-8,10-11H2,1-4H3,(H,26,29)/t12-,19-,22-,23+,24-/m1/s1. The molecular formula is C25H29N3O14. The van der Waals surface area contributed by atoms with Gasteiger partial charge in [-0.1, -0.05) is 18.1 Å². The number of hydrogen-bond acceptors (Lipinski definition) is 14. The number of ether oxygens (including phenoxy) is 5. The van der Waals surface area contributed by atoms with E-state index >= 15 is 0 Å². The van der Waals surface area contributed by atoms with Crippen LogP contribution in [0.3, 0.4) is 0 Å². The summed E-state index contributed by atoms with van der Waals surface area (Å²) in [5, 5.41) is 14.8. The number of nitrogens with zero attached hydrogens (tertiary/aromatic N) is 2. The number of esters is 2. The van der Waals surface area contributed by atoms with Crippen molar-refractivity contribution in [3.05, 3.63) is 33.9 Å². The van der Waals surface area contributed by atoms with Crippen molar-refractivity contribution in [2.45, 2.75) is 71.7 Å². The second-order valence-electron chi connectivity index (χ2n) is 9.39. The number of benzene rings is 1. The average molecular weight is 596 g/mol. The molecule has 17 nitrogen and oxygen atoms in total. The summed E-state index contributed by atoms with van der Waals surface area (Å²) in [5.41, 5.74) is -0.467. The van der Waals surface area contributed by atoms with E-state index in [9.17, 15) is 38.9 Å². The first-order chi connectivity index (χ1) is 19.8. The Morgan fingerprint density at radius 2 is 1.74 bits per heavy atom. The Hall–Kier alpha value is -4.80. The normalized spacial score (nSPS) is 23.5. The molecule has 1 N–H and O–H groups in total. The first-order valence-electron chi connectivity index (χ1n) is 12.6. The zero-order chi connectivity index (χ0) is 31.1.